The Morgan fingerprint density at radius 2 is 2.14 bits per heavy atom. The van der Waals surface area contributed by atoms with Crippen LogP contribution in [-0.2, 0) is 9.53 Å². The van der Waals surface area contributed by atoms with Crippen LogP contribution in [-0.4, -0.2) is 21.9 Å². The predicted molar refractivity (Wildman–Crippen MR) is 55.1 cm³/mol. The fraction of sp³-hybridized carbons (Fsp3) is 0.909. The van der Waals surface area contributed by atoms with Crippen LogP contribution >= 0.6 is 0 Å². The van der Waals surface area contributed by atoms with Gasteiger partial charge in [0.15, 0.2) is 0 Å². The average molecular weight is 313 g/mol. The first kappa shape index (κ1) is 14.2. The van der Waals surface area contributed by atoms with Gasteiger partial charge < -0.3 is 0 Å². The molecule has 86 valence electrons. The van der Waals surface area contributed by atoms with Crippen LogP contribution in [0.5, 0.6) is 0 Å². The number of hydrogen-bond acceptors (Lipinski definition) is 2. The van der Waals surface area contributed by atoms with E-state index in [2.05, 4.69) is 18.8 Å². The van der Waals surface area contributed by atoms with Crippen LogP contribution in [0.25, 0.3) is 0 Å². The number of esters is 1. The summed E-state index contributed by atoms with van der Waals surface area (Å²) in [5.74, 6) is 0.587. The molecule has 1 unspecified atom stereocenters. The molecule has 0 N–H and O–H groups in total. The molecule has 0 aliphatic rings. The molecule has 1 atom stereocenters. The molecule has 0 fully saturated rings. The monoisotopic (exact) mass is 313 g/mol. The van der Waals surface area contributed by atoms with Gasteiger partial charge in [0.05, 0.1) is 0 Å². The zero-order valence-electron chi connectivity index (χ0n) is 9.51. The third kappa shape index (κ3) is 7.59. The van der Waals surface area contributed by atoms with E-state index in [0.717, 1.165) is 6.42 Å². The summed E-state index contributed by atoms with van der Waals surface area (Å²) in [7, 11) is 0. The normalized spacial score (nSPS) is 12.8. The quantitative estimate of drug-likeness (QED) is 0.342. The van der Waals surface area contributed by atoms with Gasteiger partial charge in [0.1, 0.15) is 0 Å². The molecule has 0 heterocycles. The Morgan fingerprint density at radius 3 is 2.64 bits per heavy atom. The summed E-state index contributed by atoms with van der Waals surface area (Å²) in [4.78, 5) is 13.2. The van der Waals surface area contributed by atoms with Gasteiger partial charge in [-0.15, -0.1) is 0 Å². The molecule has 0 aliphatic heterocycles. The van der Waals surface area contributed by atoms with E-state index in [1.165, 1.54) is 19.3 Å². The third-order valence-corrected chi connectivity index (χ3v) is 3.65. The van der Waals surface area contributed by atoms with Gasteiger partial charge in [-0.05, 0) is 0 Å². The molecule has 0 spiro atoms. The molecule has 0 aromatic rings. The van der Waals surface area contributed by atoms with Gasteiger partial charge in [0.2, 0.25) is 0 Å². The third-order valence-electron chi connectivity index (χ3n) is 2.27. The van der Waals surface area contributed by atoms with Gasteiger partial charge in [0.25, 0.3) is 0 Å². The van der Waals surface area contributed by atoms with Crippen LogP contribution < -0.4 is 21.2 Å². The molecule has 0 amide bonds. The zero-order chi connectivity index (χ0) is 10.8. The Morgan fingerprint density at radius 1 is 1.43 bits per heavy atom. The number of hydrogen-bond donors (Lipinski definition) is 0. The van der Waals surface area contributed by atoms with Gasteiger partial charge in [-0.2, -0.15) is 0 Å². The Hall–Kier alpha value is 0.200. The van der Waals surface area contributed by atoms with Crippen LogP contribution in [0, 0.1) is 5.92 Å². The summed E-state index contributed by atoms with van der Waals surface area (Å²) in [6.45, 7) is 5.00. The minimum absolute atomic E-state index is 0.00949. The molecule has 0 saturated heterocycles. The first-order chi connectivity index (χ1) is 6.74. The van der Waals surface area contributed by atoms with Crippen molar-refractivity contribution in [3.63, 3.8) is 0 Å². The number of rotatable bonds is 8. The van der Waals surface area contributed by atoms with Gasteiger partial charge in [0, 0.05) is 0 Å². The number of halogens is 1. The zero-order valence-corrected chi connectivity index (χ0v) is 11.7. The standard InChI is InChI=1S/C11H22IO2/c1-4-6-7-10(5-2)9-14-11(13)8-12-3/h10H,4-9H2,1-3H3/q-1. The van der Waals surface area contributed by atoms with Crippen molar-refractivity contribution >= 4 is 5.97 Å². The number of carbonyl (C=O) groups is 1. The molecule has 14 heavy (non-hydrogen) atoms. The summed E-state index contributed by atoms with van der Waals surface area (Å²) in [5.41, 5.74) is 0. The van der Waals surface area contributed by atoms with E-state index in [1.54, 1.807) is 0 Å². The number of alkyl halides is 2. The van der Waals surface area contributed by atoms with Crippen molar-refractivity contribution in [1.82, 2.24) is 0 Å². The number of unbranched alkanes of at least 4 members (excludes halogenated alkanes) is 1. The SMILES string of the molecule is CCCCC(CC)COC(=O)C[I-]C. The minimum atomic E-state index is 0.00949. The van der Waals surface area contributed by atoms with Crippen molar-refractivity contribution < 1.29 is 30.7 Å². The van der Waals surface area contributed by atoms with E-state index in [4.69, 9.17) is 4.74 Å². The Labute approximate surface area is 98.0 Å². The van der Waals surface area contributed by atoms with E-state index >= 15 is 0 Å². The fourth-order valence-electron chi connectivity index (χ4n) is 1.26. The second kappa shape index (κ2) is 9.74. The van der Waals surface area contributed by atoms with Crippen LogP contribution in [0.1, 0.15) is 39.5 Å². The number of ether oxygens (including phenoxy) is 1. The molecule has 0 aromatic carbocycles. The summed E-state index contributed by atoms with van der Waals surface area (Å²) in [5, 5.41) is 0. The van der Waals surface area contributed by atoms with Gasteiger partial charge in [-0.25, -0.2) is 0 Å². The first-order valence-electron chi connectivity index (χ1n) is 5.33. The first-order valence-corrected chi connectivity index (χ1v) is 9.02. The molecule has 0 aliphatic carbocycles. The van der Waals surface area contributed by atoms with Crippen LogP contribution in [0.2, 0.25) is 0 Å². The predicted octanol–water partition coefficient (Wildman–Crippen LogP) is -0.535. The van der Waals surface area contributed by atoms with E-state index in [1.807, 2.05) is 0 Å². The molecular weight excluding hydrogens is 291 g/mol. The fourth-order valence-corrected chi connectivity index (χ4v) is 2.10. The molecule has 0 bridgehead atoms. The van der Waals surface area contributed by atoms with E-state index in [0.29, 0.717) is 17.0 Å². The van der Waals surface area contributed by atoms with Gasteiger partial charge in [-0.1, -0.05) is 0 Å². The molecule has 2 nitrogen and oxygen atoms in total. The van der Waals surface area contributed by atoms with E-state index in [-0.39, 0.29) is 27.2 Å². The van der Waals surface area contributed by atoms with E-state index in [9.17, 15) is 4.79 Å². The average Bonchev–Trinajstić information content (AvgIpc) is 2.19. The molecule has 0 saturated carbocycles. The van der Waals surface area contributed by atoms with Crippen molar-refractivity contribution in [2.24, 2.45) is 5.92 Å². The molecular formula is C11H22IO2-. The second-order valence-corrected chi connectivity index (χ2v) is 5.79. The van der Waals surface area contributed by atoms with Crippen molar-refractivity contribution in [3.05, 3.63) is 0 Å². The molecule has 0 aromatic heterocycles. The summed E-state index contributed by atoms with van der Waals surface area (Å²) >= 11 is 0.0443. The topological polar surface area (TPSA) is 26.3 Å². The maximum absolute atomic E-state index is 11.1. The van der Waals surface area contributed by atoms with Crippen molar-refractivity contribution in [2.75, 3.05) is 16.0 Å². The Bertz CT molecular complexity index is 148. The van der Waals surface area contributed by atoms with Crippen molar-refractivity contribution in [2.45, 2.75) is 39.5 Å². The Balaban J connectivity index is 3.55. The van der Waals surface area contributed by atoms with Crippen LogP contribution in [0.3, 0.4) is 0 Å². The van der Waals surface area contributed by atoms with Gasteiger partial charge in [-0.3, -0.25) is 0 Å². The molecule has 0 rings (SSSR count). The van der Waals surface area contributed by atoms with Crippen LogP contribution in [0.15, 0.2) is 0 Å². The maximum atomic E-state index is 11.1. The second-order valence-electron chi connectivity index (χ2n) is 3.50. The molecule has 3 heteroatoms. The van der Waals surface area contributed by atoms with Crippen molar-refractivity contribution in [3.8, 4) is 0 Å². The van der Waals surface area contributed by atoms with Crippen LogP contribution in [0.4, 0.5) is 0 Å². The Kier molecular flexibility index (Phi) is 9.88. The molecule has 0 radical (unpaired) electrons. The summed E-state index contributed by atoms with van der Waals surface area (Å²) in [6, 6.07) is 0. The van der Waals surface area contributed by atoms with E-state index < -0.39 is 0 Å². The van der Waals surface area contributed by atoms with Gasteiger partial charge >= 0.3 is 98.1 Å². The van der Waals surface area contributed by atoms with Crippen molar-refractivity contribution in [1.29, 1.82) is 0 Å². The summed E-state index contributed by atoms with van der Waals surface area (Å²) in [6.07, 6.45) is 4.79. The summed E-state index contributed by atoms with van der Waals surface area (Å²) < 4.78 is 5.89. The number of carbonyl (C=O) groups excluding carboxylic acids is 1.